The predicted octanol–water partition coefficient (Wildman–Crippen LogP) is 0.797. The molecular weight excluding hydrogens is 296 g/mol. The minimum Gasteiger partial charge on any atom is -0.399 e. The van der Waals surface area contributed by atoms with Crippen LogP contribution in [0.2, 0.25) is 0 Å². The van der Waals surface area contributed by atoms with E-state index in [-0.39, 0.29) is 12.2 Å². The van der Waals surface area contributed by atoms with Gasteiger partial charge in [-0.2, -0.15) is 0 Å². The minimum absolute atomic E-state index is 0.161. The summed E-state index contributed by atoms with van der Waals surface area (Å²) < 4.78 is 26.6. The third-order valence-electron chi connectivity index (χ3n) is 2.79. The summed E-state index contributed by atoms with van der Waals surface area (Å²) in [6.45, 7) is 1.07. The molecule has 0 unspecified atom stereocenters. The molecule has 0 heterocycles. The van der Waals surface area contributed by atoms with Crippen molar-refractivity contribution in [3.8, 4) is 0 Å². The molecule has 8 nitrogen and oxygen atoms in total. The van der Waals surface area contributed by atoms with Gasteiger partial charge in [0.2, 0.25) is 10.0 Å². The molecule has 0 bridgehead atoms. The Bertz CT molecular complexity index is 601. The van der Waals surface area contributed by atoms with E-state index in [4.69, 9.17) is 5.73 Å². The first-order valence-corrected chi connectivity index (χ1v) is 7.90. The Balaban J connectivity index is 2.79. The van der Waals surface area contributed by atoms with Crippen molar-refractivity contribution >= 4 is 21.4 Å². The van der Waals surface area contributed by atoms with E-state index in [0.717, 1.165) is 25.1 Å². The molecule has 1 rings (SSSR count). The van der Waals surface area contributed by atoms with Gasteiger partial charge in [0.15, 0.2) is 4.90 Å². The van der Waals surface area contributed by atoms with Crippen molar-refractivity contribution in [3.63, 3.8) is 0 Å². The van der Waals surface area contributed by atoms with Gasteiger partial charge in [-0.3, -0.25) is 10.1 Å². The molecule has 0 aromatic heterocycles. The molecule has 0 amide bonds. The normalized spacial score (nSPS) is 11.8. The lowest BCUT2D eigenvalue weighted by Gasteiger charge is -2.10. The third-order valence-corrected chi connectivity index (χ3v) is 4.28. The molecule has 9 heteroatoms. The Kier molecular flexibility index (Phi) is 6.06. The van der Waals surface area contributed by atoms with Gasteiger partial charge in [-0.1, -0.05) is 0 Å². The minimum atomic E-state index is -3.94. The highest BCUT2D eigenvalue weighted by molar-refractivity contribution is 7.89. The van der Waals surface area contributed by atoms with Crippen molar-refractivity contribution in [2.45, 2.75) is 17.7 Å². The standard InChI is InChI=1S/C12H20N4O4S/c1-15(2)8-4-3-7-14-21(19,20)12-9-10(13)5-6-11(12)16(17)18/h5-6,9,14H,3-4,7-8,13H2,1-2H3. The predicted molar refractivity (Wildman–Crippen MR) is 80.5 cm³/mol. The molecule has 0 radical (unpaired) electrons. The Hall–Kier alpha value is -1.71. The highest BCUT2D eigenvalue weighted by Gasteiger charge is 2.25. The number of hydrogen-bond donors (Lipinski definition) is 2. The maximum atomic E-state index is 12.1. The second kappa shape index (κ2) is 7.34. The summed E-state index contributed by atoms with van der Waals surface area (Å²) in [6.07, 6.45) is 1.47. The molecule has 0 aliphatic carbocycles. The topological polar surface area (TPSA) is 119 Å². The van der Waals surface area contributed by atoms with E-state index in [1.807, 2.05) is 19.0 Å². The lowest BCUT2D eigenvalue weighted by Crippen LogP contribution is -2.26. The Morgan fingerprint density at radius 3 is 2.57 bits per heavy atom. The van der Waals surface area contributed by atoms with Gasteiger partial charge in [-0.25, -0.2) is 13.1 Å². The van der Waals surface area contributed by atoms with Crippen molar-refractivity contribution < 1.29 is 13.3 Å². The van der Waals surface area contributed by atoms with Crippen molar-refractivity contribution in [1.29, 1.82) is 0 Å². The Labute approximate surface area is 124 Å². The van der Waals surface area contributed by atoms with Crippen molar-refractivity contribution in [2.24, 2.45) is 0 Å². The number of anilines is 1. The molecule has 0 saturated heterocycles. The smallest absolute Gasteiger partial charge is 0.289 e. The van der Waals surface area contributed by atoms with E-state index in [9.17, 15) is 18.5 Å². The van der Waals surface area contributed by atoms with Crippen LogP contribution in [0.5, 0.6) is 0 Å². The van der Waals surface area contributed by atoms with Crippen molar-refractivity contribution in [3.05, 3.63) is 28.3 Å². The fourth-order valence-electron chi connectivity index (χ4n) is 1.73. The molecule has 0 saturated carbocycles. The first-order valence-electron chi connectivity index (χ1n) is 6.42. The van der Waals surface area contributed by atoms with Crippen LogP contribution in [0.3, 0.4) is 0 Å². The van der Waals surface area contributed by atoms with E-state index in [1.165, 1.54) is 6.07 Å². The second-order valence-electron chi connectivity index (χ2n) is 4.89. The van der Waals surface area contributed by atoms with Crippen LogP contribution in [0.1, 0.15) is 12.8 Å². The number of nitro benzene ring substituents is 1. The molecule has 21 heavy (non-hydrogen) atoms. The van der Waals surface area contributed by atoms with Crippen LogP contribution in [0.15, 0.2) is 23.1 Å². The molecule has 0 spiro atoms. The summed E-state index contributed by atoms with van der Waals surface area (Å²) in [5.41, 5.74) is 5.19. The quantitative estimate of drug-likeness (QED) is 0.317. The SMILES string of the molecule is CN(C)CCCCNS(=O)(=O)c1cc(N)ccc1[N+](=O)[O-]. The summed E-state index contributed by atoms with van der Waals surface area (Å²) >= 11 is 0. The molecule has 0 atom stereocenters. The van der Waals surface area contributed by atoms with E-state index in [2.05, 4.69) is 4.72 Å². The third kappa shape index (κ3) is 5.29. The molecule has 0 fully saturated rings. The number of unbranched alkanes of at least 4 members (excludes halogenated alkanes) is 1. The Morgan fingerprint density at radius 1 is 1.33 bits per heavy atom. The fourth-order valence-corrected chi connectivity index (χ4v) is 3.01. The second-order valence-corrected chi connectivity index (χ2v) is 6.63. The molecule has 0 aliphatic heterocycles. The molecular formula is C12H20N4O4S. The highest BCUT2D eigenvalue weighted by atomic mass is 32.2. The summed E-state index contributed by atoms with van der Waals surface area (Å²) in [4.78, 5) is 11.8. The van der Waals surface area contributed by atoms with Crippen LogP contribution in [0.25, 0.3) is 0 Å². The van der Waals surface area contributed by atoms with Gasteiger partial charge in [-0.05, 0) is 45.6 Å². The summed E-state index contributed by atoms with van der Waals surface area (Å²) in [5.74, 6) is 0. The number of nitrogens with one attached hydrogen (secondary N) is 1. The van der Waals surface area contributed by atoms with E-state index < -0.39 is 25.5 Å². The number of benzene rings is 1. The van der Waals surface area contributed by atoms with Crippen LogP contribution in [-0.2, 0) is 10.0 Å². The van der Waals surface area contributed by atoms with Gasteiger partial charge in [-0.15, -0.1) is 0 Å². The average molecular weight is 316 g/mol. The summed E-state index contributed by atoms with van der Waals surface area (Å²) in [5, 5.41) is 10.9. The van der Waals surface area contributed by atoms with Gasteiger partial charge in [0.05, 0.1) is 4.92 Å². The highest BCUT2D eigenvalue weighted by Crippen LogP contribution is 2.25. The number of hydrogen-bond acceptors (Lipinski definition) is 6. The maximum absolute atomic E-state index is 12.1. The Morgan fingerprint density at radius 2 is 2.00 bits per heavy atom. The summed E-state index contributed by atoms with van der Waals surface area (Å²) in [6, 6.07) is 3.49. The summed E-state index contributed by atoms with van der Waals surface area (Å²) in [7, 11) is -0.0828. The molecule has 1 aromatic carbocycles. The average Bonchev–Trinajstić information content (AvgIpc) is 2.37. The molecule has 0 aliphatic rings. The number of nitro groups is 1. The van der Waals surface area contributed by atoms with Gasteiger partial charge >= 0.3 is 0 Å². The van der Waals surface area contributed by atoms with Gasteiger partial charge in [0.25, 0.3) is 5.69 Å². The molecule has 118 valence electrons. The van der Waals surface area contributed by atoms with Crippen LogP contribution in [0.4, 0.5) is 11.4 Å². The fraction of sp³-hybridized carbons (Fsp3) is 0.500. The number of nitrogen functional groups attached to an aromatic ring is 1. The van der Waals surface area contributed by atoms with Crippen LogP contribution >= 0.6 is 0 Å². The van der Waals surface area contributed by atoms with Crippen molar-refractivity contribution in [2.75, 3.05) is 32.9 Å². The lowest BCUT2D eigenvalue weighted by atomic mass is 10.3. The number of rotatable bonds is 8. The zero-order chi connectivity index (χ0) is 16.0. The van der Waals surface area contributed by atoms with Crippen LogP contribution in [0, 0.1) is 10.1 Å². The van der Waals surface area contributed by atoms with E-state index in [0.29, 0.717) is 6.42 Å². The van der Waals surface area contributed by atoms with Crippen LogP contribution in [-0.4, -0.2) is 45.4 Å². The van der Waals surface area contributed by atoms with Gasteiger partial charge < -0.3 is 10.6 Å². The zero-order valence-corrected chi connectivity index (χ0v) is 12.9. The van der Waals surface area contributed by atoms with Crippen LogP contribution < -0.4 is 10.5 Å². The van der Waals surface area contributed by atoms with Gasteiger partial charge in [0.1, 0.15) is 0 Å². The van der Waals surface area contributed by atoms with E-state index >= 15 is 0 Å². The largest absolute Gasteiger partial charge is 0.399 e. The van der Waals surface area contributed by atoms with Gasteiger partial charge in [0, 0.05) is 18.3 Å². The first kappa shape index (κ1) is 17.3. The lowest BCUT2D eigenvalue weighted by molar-refractivity contribution is -0.387. The number of nitrogens with two attached hydrogens (primary N) is 1. The zero-order valence-electron chi connectivity index (χ0n) is 12.1. The number of nitrogens with zero attached hydrogens (tertiary/aromatic N) is 2. The van der Waals surface area contributed by atoms with E-state index in [1.54, 1.807) is 0 Å². The molecule has 3 N–H and O–H groups in total. The maximum Gasteiger partial charge on any atom is 0.289 e. The molecule has 1 aromatic rings. The number of sulfonamides is 1. The first-order chi connectivity index (χ1) is 9.74. The van der Waals surface area contributed by atoms with Crippen molar-refractivity contribution in [1.82, 2.24) is 9.62 Å². The monoisotopic (exact) mass is 316 g/mol.